The minimum atomic E-state index is -1.54. The third-order valence-corrected chi connectivity index (χ3v) is 5.04. The molecule has 2 aromatic rings. The van der Waals surface area contributed by atoms with E-state index in [0.717, 1.165) is 10.9 Å². The van der Waals surface area contributed by atoms with Gasteiger partial charge < -0.3 is 42.0 Å². The molecular weight excluding hydrogens is 434 g/mol. The van der Waals surface area contributed by atoms with E-state index in [9.17, 15) is 34.5 Å². The fourth-order valence-electron chi connectivity index (χ4n) is 3.27. The standard InChI is InChI=1S/C21H29N5O7/c1-10(27)17(25-16(29)8-22)20(31)26-18(11(2)28)19(30)24-15(21(32)33)7-12-9-23-14-6-4-3-5-13(12)14/h3-6,9-11,15,17-18,23,27-28H,7-8,22H2,1-2H3,(H,24,30)(H,25,29)(H,26,31)(H,32,33). The van der Waals surface area contributed by atoms with Crippen molar-refractivity contribution in [1.29, 1.82) is 0 Å². The second-order valence-electron chi connectivity index (χ2n) is 7.68. The summed E-state index contributed by atoms with van der Waals surface area (Å²) < 4.78 is 0. The molecule has 1 aromatic heterocycles. The van der Waals surface area contributed by atoms with E-state index < -0.39 is 60.6 Å². The normalized spacial score (nSPS) is 15.7. The average Bonchev–Trinajstić information content (AvgIpc) is 3.17. The number of hydrogen-bond acceptors (Lipinski definition) is 7. The first-order valence-electron chi connectivity index (χ1n) is 10.3. The second-order valence-corrected chi connectivity index (χ2v) is 7.68. The zero-order valence-corrected chi connectivity index (χ0v) is 18.2. The molecule has 12 heteroatoms. The molecule has 1 aromatic carbocycles. The number of carboxylic acids is 1. The molecule has 0 fully saturated rings. The van der Waals surface area contributed by atoms with Crippen molar-refractivity contribution in [3.05, 3.63) is 36.0 Å². The van der Waals surface area contributed by atoms with Gasteiger partial charge in [0.2, 0.25) is 17.7 Å². The van der Waals surface area contributed by atoms with Gasteiger partial charge in [-0.05, 0) is 25.5 Å². The van der Waals surface area contributed by atoms with Gasteiger partial charge in [-0.3, -0.25) is 14.4 Å². The highest BCUT2D eigenvalue weighted by Crippen LogP contribution is 2.19. The van der Waals surface area contributed by atoms with Gasteiger partial charge >= 0.3 is 5.97 Å². The number of rotatable bonds is 11. The van der Waals surface area contributed by atoms with Gasteiger partial charge in [-0.15, -0.1) is 0 Å². The number of aromatic amines is 1. The largest absolute Gasteiger partial charge is 0.480 e. The first-order valence-corrected chi connectivity index (χ1v) is 10.3. The van der Waals surface area contributed by atoms with Crippen molar-refractivity contribution in [3.63, 3.8) is 0 Å². The molecular formula is C21H29N5O7. The van der Waals surface area contributed by atoms with Crippen molar-refractivity contribution in [2.75, 3.05) is 6.54 Å². The monoisotopic (exact) mass is 463 g/mol. The molecule has 0 aliphatic heterocycles. The number of para-hydroxylation sites is 1. The van der Waals surface area contributed by atoms with E-state index in [4.69, 9.17) is 5.73 Å². The number of amides is 3. The van der Waals surface area contributed by atoms with Crippen LogP contribution in [0.25, 0.3) is 10.9 Å². The molecule has 33 heavy (non-hydrogen) atoms. The van der Waals surface area contributed by atoms with E-state index >= 15 is 0 Å². The number of carboxylic acid groups (broad SMARTS) is 1. The molecule has 5 unspecified atom stereocenters. The van der Waals surface area contributed by atoms with Crippen LogP contribution in [0.5, 0.6) is 0 Å². The van der Waals surface area contributed by atoms with Gasteiger partial charge in [0.25, 0.3) is 0 Å². The van der Waals surface area contributed by atoms with Crippen LogP contribution in [0.15, 0.2) is 30.5 Å². The number of aromatic nitrogens is 1. The molecule has 0 saturated carbocycles. The highest BCUT2D eigenvalue weighted by Gasteiger charge is 2.33. The van der Waals surface area contributed by atoms with Crippen LogP contribution in [-0.2, 0) is 25.6 Å². The van der Waals surface area contributed by atoms with Crippen LogP contribution in [0.3, 0.4) is 0 Å². The number of fused-ring (bicyclic) bond motifs is 1. The molecule has 9 N–H and O–H groups in total. The van der Waals surface area contributed by atoms with Gasteiger partial charge in [-0.25, -0.2) is 4.79 Å². The maximum atomic E-state index is 12.8. The number of aliphatic carboxylic acids is 1. The number of H-pyrrole nitrogens is 1. The van der Waals surface area contributed by atoms with Gasteiger partial charge in [0.1, 0.15) is 18.1 Å². The number of nitrogens with one attached hydrogen (secondary N) is 4. The summed E-state index contributed by atoms with van der Waals surface area (Å²) in [7, 11) is 0. The lowest BCUT2D eigenvalue weighted by molar-refractivity contribution is -0.143. The second kappa shape index (κ2) is 11.4. The molecule has 180 valence electrons. The predicted molar refractivity (Wildman–Crippen MR) is 118 cm³/mol. The Morgan fingerprint density at radius 2 is 1.55 bits per heavy atom. The number of benzene rings is 1. The molecule has 5 atom stereocenters. The molecule has 0 saturated heterocycles. The van der Waals surface area contributed by atoms with E-state index in [1.807, 2.05) is 18.2 Å². The number of carbonyl (C=O) groups is 4. The molecule has 1 heterocycles. The van der Waals surface area contributed by atoms with Crippen molar-refractivity contribution in [2.45, 2.75) is 50.6 Å². The molecule has 0 radical (unpaired) electrons. The molecule has 3 amide bonds. The van der Waals surface area contributed by atoms with Crippen molar-refractivity contribution >= 4 is 34.6 Å². The Balaban J connectivity index is 2.15. The quantitative estimate of drug-likeness (QED) is 0.186. The number of aliphatic hydroxyl groups is 2. The summed E-state index contributed by atoms with van der Waals surface area (Å²) in [6.07, 6.45) is -1.13. The topological polar surface area (TPSA) is 207 Å². The van der Waals surface area contributed by atoms with Crippen LogP contribution < -0.4 is 21.7 Å². The average molecular weight is 463 g/mol. The molecule has 2 rings (SSSR count). The van der Waals surface area contributed by atoms with Crippen molar-refractivity contribution in [1.82, 2.24) is 20.9 Å². The SMILES string of the molecule is CC(O)C(NC(=O)CN)C(=O)NC(C(=O)NC(Cc1c[nH]c2ccccc12)C(=O)O)C(C)O. The van der Waals surface area contributed by atoms with Crippen LogP contribution in [-0.4, -0.2) is 80.9 Å². The van der Waals surface area contributed by atoms with E-state index in [2.05, 4.69) is 20.9 Å². The summed E-state index contributed by atoms with van der Waals surface area (Å²) >= 11 is 0. The van der Waals surface area contributed by atoms with E-state index in [0.29, 0.717) is 5.56 Å². The summed E-state index contributed by atoms with van der Waals surface area (Å²) in [6.45, 7) is 2.06. The van der Waals surface area contributed by atoms with E-state index in [1.54, 1.807) is 12.3 Å². The van der Waals surface area contributed by atoms with Gasteiger partial charge in [0, 0.05) is 23.5 Å². The summed E-state index contributed by atoms with van der Waals surface area (Å²) in [6, 6.07) is 2.94. The molecule has 12 nitrogen and oxygen atoms in total. The van der Waals surface area contributed by atoms with Gasteiger partial charge in [-0.2, -0.15) is 0 Å². The number of nitrogens with two attached hydrogens (primary N) is 1. The summed E-state index contributed by atoms with van der Waals surface area (Å²) in [4.78, 5) is 51.7. The molecule has 0 bridgehead atoms. The van der Waals surface area contributed by atoms with Crippen LogP contribution in [0, 0.1) is 0 Å². The Hall–Kier alpha value is -3.48. The smallest absolute Gasteiger partial charge is 0.326 e. The van der Waals surface area contributed by atoms with Crippen molar-refractivity contribution in [3.8, 4) is 0 Å². The maximum Gasteiger partial charge on any atom is 0.326 e. The predicted octanol–water partition coefficient (Wildman–Crippen LogP) is -2.03. The third-order valence-electron chi connectivity index (χ3n) is 5.04. The van der Waals surface area contributed by atoms with Crippen LogP contribution in [0.2, 0.25) is 0 Å². The highest BCUT2D eigenvalue weighted by molar-refractivity contribution is 5.94. The van der Waals surface area contributed by atoms with Crippen LogP contribution >= 0.6 is 0 Å². The lowest BCUT2D eigenvalue weighted by atomic mass is 10.0. The Morgan fingerprint density at radius 3 is 2.12 bits per heavy atom. The highest BCUT2D eigenvalue weighted by atomic mass is 16.4. The zero-order valence-electron chi connectivity index (χ0n) is 18.2. The fourth-order valence-corrected chi connectivity index (χ4v) is 3.27. The zero-order chi connectivity index (χ0) is 24.7. The van der Waals surface area contributed by atoms with Crippen molar-refractivity contribution < 1.29 is 34.5 Å². The molecule has 0 aliphatic carbocycles. The fraction of sp³-hybridized carbons (Fsp3) is 0.429. The minimum absolute atomic E-state index is 0.0472. The molecule has 0 aliphatic rings. The van der Waals surface area contributed by atoms with E-state index in [-0.39, 0.29) is 6.42 Å². The summed E-state index contributed by atoms with van der Waals surface area (Å²) in [5, 5.41) is 37.0. The maximum absolute atomic E-state index is 12.8. The van der Waals surface area contributed by atoms with Crippen molar-refractivity contribution in [2.24, 2.45) is 5.73 Å². The Kier molecular flexibility index (Phi) is 8.91. The Morgan fingerprint density at radius 1 is 0.970 bits per heavy atom. The molecule has 0 spiro atoms. The first kappa shape index (κ1) is 25.8. The summed E-state index contributed by atoms with van der Waals surface area (Å²) in [5.41, 5.74) is 6.67. The Bertz CT molecular complexity index is 1000. The number of aliphatic hydroxyl groups excluding tert-OH is 2. The third kappa shape index (κ3) is 6.75. The first-order chi connectivity index (χ1) is 15.5. The minimum Gasteiger partial charge on any atom is -0.480 e. The van der Waals surface area contributed by atoms with Gasteiger partial charge in [0.15, 0.2) is 0 Å². The number of carbonyl (C=O) groups excluding carboxylic acids is 3. The van der Waals surface area contributed by atoms with Crippen LogP contribution in [0.4, 0.5) is 0 Å². The van der Waals surface area contributed by atoms with Gasteiger partial charge in [0.05, 0.1) is 18.8 Å². The Labute approximate surface area is 189 Å². The van der Waals surface area contributed by atoms with Crippen LogP contribution in [0.1, 0.15) is 19.4 Å². The summed E-state index contributed by atoms with van der Waals surface area (Å²) in [5.74, 6) is -3.91. The lowest BCUT2D eigenvalue weighted by Crippen LogP contribution is -2.61. The van der Waals surface area contributed by atoms with Gasteiger partial charge in [-0.1, -0.05) is 18.2 Å². The lowest BCUT2D eigenvalue weighted by Gasteiger charge is -2.27. The van der Waals surface area contributed by atoms with E-state index in [1.165, 1.54) is 13.8 Å². The number of hydrogen-bond donors (Lipinski definition) is 8.